The summed E-state index contributed by atoms with van der Waals surface area (Å²) in [7, 11) is 1.17. The predicted molar refractivity (Wildman–Crippen MR) is 116 cm³/mol. The minimum absolute atomic E-state index is 0.171. The molecular weight excluding hydrogens is 348 g/mol. The maximum absolute atomic E-state index is 5.49. The van der Waals surface area contributed by atoms with Crippen molar-refractivity contribution in [3.8, 4) is 16.9 Å². The maximum Gasteiger partial charge on any atom is 0.130 e. The zero-order valence-corrected chi connectivity index (χ0v) is 18.2. The third-order valence-corrected chi connectivity index (χ3v) is 7.64. The molecule has 1 aliphatic carbocycles. The van der Waals surface area contributed by atoms with Gasteiger partial charge in [-0.15, -0.1) is 0 Å². The van der Waals surface area contributed by atoms with E-state index in [1.807, 2.05) is 6.07 Å². The number of aromatic nitrogens is 1. The summed E-state index contributed by atoms with van der Waals surface area (Å²) in [6.07, 6.45) is 0. The lowest BCUT2D eigenvalue weighted by Gasteiger charge is -2.40. The van der Waals surface area contributed by atoms with Gasteiger partial charge in [0.05, 0.1) is 7.11 Å². The highest BCUT2D eigenvalue weighted by molar-refractivity contribution is 6.52. The molecule has 3 nitrogen and oxygen atoms in total. The standard InChI is InChI=1S/C23H29N2OSi/c1-23(2,3)25(27(5)6)14-19-16-9-7-8-10-17(16)21-18-13-15(26-4)11-12-20(18)24-22(19)21/h7-13,19,24H,14H2,1-6H3. The molecule has 0 saturated carbocycles. The van der Waals surface area contributed by atoms with E-state index in [2.05, 4.69) is 79.8 Å². The number of nitrogens with one attached hydrogen (secondary N) is 1. The Labute approximate surface area is 164 Å². The van der Waals surface area contributed by atoms with E-state index in [4.69, 9.17) is 4.74 Å². The molecule has 1 radical (unpaired) electrons. The van der Waals surface area contributed by atoms with Crippen molar-refractivity contribution in [2.75, 3.05) is 13.7 Å². The van der Waals surface area contributed by atoms with Crippen LogP contribution in [-0.2, 0) is 0 Å². The highest BCUT2D eigenvalue weighted by Crippen LogP contribution is 2.49. The van der Waals surface area contributed by atoms with Crippen LogP contribution >= 0.6 is 0 Å². The van der Waals surface area contributed by atoms with Crippen molar-refractivity contribution in [3.63, 3.8) is 0 Å². The normalized spacial score (nSPS) is 16.2. The first-order chi connectivity index (χ1) is 12.8. The van der Waals surface area contributed by atoms with Gasteiger partial charge in [-0.1, -0.05) is 37.4 Å². The van der Waals surface area contributed by atoms with Crippen LogP contribution in [0.5, 0.6) is 5.75 Å². The van der Waals surface area contributed by atoms with Gasteiger partial charge in [0, 0.05) is 40.2 Å². The lowest BCUT2D eigenvalue weighted by Crippen LogP contribution is -2.50. The zero-order chi connectivity index (χ0) is 19.3. The SMILES string of the molecule is COc1ccc2[nH]c3c(c2c1)-c1ccccc1C3CN([Si](C)C)C(C)(C)C. The number of aromatic amines is 1. The summed E-state index contributed by atoms with van der Waals surface area (Å²) in [6, 6.07) is 15.2. The van der Waals surface area contributed by atoms with E-state index in [0.717, 1.165) is 12.3 Å². The van der Waals surface area contributed by atoms with Crippen molar-refractivity contribution in [1.29, 1.82) is 0 Å². The van der Waals surface area contributed by atoms with E-state index in [1.165, 1.54) is 33.3 Å². The summed E-state index contributed by atoms with van der Waals surface area (Å²) in [5, 5.41) is 1.26. The molecule has 4 heteroatoms. The molecule has 1 aliphatic rings. The molecule has 3 aromatic rings. The largest absolute Gasteiger partial charge is 0.497 e. The van der Waals surface area contributed by atoms with Gasteiger partial charge >= 0.3 is 0 Å². The van der Waals surface area contributed by atoms with Crippen LogP contribution in [0.15, 0.2) is 42.5 Å². The van der Waals surface area contributed by atoms with E-state index in [9.17, 15) is 0 Å². The molecule has 1 aromatic heterocycles. The summed E-state index contributed by atoms with van der Waals surface area (Å²) >= 11 is 0. The van der Waals surface area contributed by atoms with Crippen molar-refractivity contribution >= 4 is 19.9 Å². The van der Waals surface area contributed by atoms with Gasteiger partial charge in [-0.2, -0.15) is 0 Å². The second-order valence-corrected chi connectivity index (χ2v) is 11.1. The Kier molecular flexibility index (Phi) is 4.44. The summed E-state index contributed by atoms with van der Waals surface area (Å²) in [4.78, 5) is 3.75. The fraction of sp³-hybridized carbons (Fsp3) is 0.391. The van der Waals surface area contributed by atoms with Crippen molar-refractivity contribution in [2.24, 2.45) is 0 Å². The van der Waals surface area contributed by atoms with Crippen molar-refractivity contribution in [2.45, 2.75) is 45.3 Å². The Morgan fingerprint density at radius 3 is 2.52 bits per heavy atom. The Balaban J connectivity index is 1.88. The molecule has 0 bridgehead atoms. The lowest BCUT2D eigenvalue weighted by atomic mass is 9.98. The molecule has 2 aromatic carbocycles. The fourth-order valence-corrected chi connectivity index (χ4v) is 6.44. The summed E-state index contributed by atoms with van der Waals surface area (Å²) in [5.74, 6) is 1.29. The second-order valence-electron chi connectivity index (χ2n) is 8.69. The summed E-state index contributed by atoms with van der Waals surface area (Å²) < 4.78 is 8.20. The van der Waals surface area contributed by atoms with Crippen LogP contribution in [0, 0.1) is 0 Å². The van der Waals surface area contributed by atoms with Gasteiger partial charge in [0.15, 0.2) is 0 Å². The Morgan fingerprint density at radius 1 is 1.11 bits per heavy atom. The van der Waals surface area contributed by atoms with Gasteiger partial charge < -0.3 is 14.3 Å². The van der Waals surface area contributed by atoms with Crippen molar-refractivity contribution in [1.82, 2.24) is 9.55 Å². The number of hydrogen-bond donors (Lipinski definition) is 1. The highest BCUT2D eigenvalue weighted by atomic mass is 28.3. The van der Waals surface area contributed by atoms with Gasteiger partial charge in [0.1, 0.15) is 14.7 Å². The topological polar surface area (TPSA) is 28.3 Å². The number of H-pyrrole nitrogens is 1. The zero-order valence-electron chi connectivity index (χ0n) is 17.2. The van der Waals surface area contributed by atoms with Crippen LogP contribution < -0.4 is 4.74 Å². The molecule has 0 spiro atoms. The number of rotatable bonds is 4. The highest BCUT2D eigenvalue weighted by Gasteiger charge is 2.36. The van der Waals surface area contributed by atoms with Crippen LogP contribution in [-0.4, -0.2) is 37.7 Å². The average Bonchev–Trinajstić information content (AvgIpc) is 3.12. The smallest absolute Gasteiger partial charge is 0.130 e. The first kappa shape index (κ1) is 18.3. The molecule has 4 rings (SSSR count). The number of benzene rings is 2. The number of hydrogen-bond acceptors (Lipinski definition) is 2. The second kappa shape index (κ2) is 6.53. The maximum atomic E-state index is 5.49. The number of methoxy groups -OCH3 is 1. The third-order valence-electron chi connectivity index (χ3n) is 5.70. The molecule has 0 fully saturated rings. The van der Waals surface area contributed by atoms with Gasteiger partial charge in [-0.05, 0) is 50.1 Å². The van der Waals surface area contributed by atoms with Gasteiger partial charge in [0.2, 0.25) is 0 Å². The molecule has 1 atom stereocenters. The van der Waals surface area contributed by atoms with Crippen LogP contribution in [0.1, 0.15) is 37.9 Å². The molecule has 0 amide bonds. The van der Waals surface area contributed by atoms with Crippen LogP contribution in [0.3, 0.4) is 0 Å². The minimum Gasteiger partial charge on any atom is -0.497 e. The molecule has 0 saturated heterocycles. The van der Waals surface area contributed by atoms with E-state index in [1.54, 1.807) is 7.11 Å². The van der Waals surface area contributed by atoms with Crippen molar-refractivity contribution < 1.29 is 4.74 Å². The molecule has 0 aliphatic heterocycles. The fourth-order valence-electron chi connectivity index (χ4n) is 4.55. The summed E-state index contributed by atoms with van der Waals surface area (Å²) in [5.41, 5.74) is 6.90. The Hall–Kier alpha value is -2.04. The number of nitrogens with zero attached hydrogens (tertiary/aromatic N) is 1. The van der Waals surface area contributed by atoms with E-state index in [0.29, 0.717) is 5.92 Å². The van der Waals surface area contributed by atoms with E-state index < -0.39 is 8.96 Å². The molecule has 1 N–H and O–H groups in total. The molecule has 1 heterocycles. The van der Waals surface area contributed by atoms with E-state index >= 15 is 0 Å². The lowest BCUT2D eigenvalue weighted by molar-refractivity contribution is 0.242. The third kappa shape index (κ3) is 3.01. The average molecular weight is 378 g/mol. The van der Waals surface area contributed by atoms with Crippen LogP contribution in [0.25, 0.3) is 22.0 Å². The van der Waals surface area contributed by atoms with Crippen LogP contribution in [0.2, 0.25) is 13.1 Å². The van der Waals surface area contributed by atoms with Crippen LogP contribution in [0.4, 0.5) is 0 Å². The quantitative estimate of drug-likeness (QED) is 0.596. The van der Waals surface area contributed by atoms with Gasteiger partial charge in [-0.25, -0.2) is 0 Å². The summed E-state index contributed by atoms with van der Waals surface area (Å²) in [6.45, 7) is 12.9. The number of fused-ring (bicyclic) bond motifs is 5. The molecule has 141 valence electrons. The first-order valence-corrected chi connectivity index (χ1v) is 12.1. The predicted octanol–water partition coefficient (Wildman–Crippen LogP) is 5.64. The van der Waals surface area contributed by atoms with E-state index in [-0.39, 0.29) is 5.54 Å². The molecular formula is C23H29N2OSi. The molecule has 27 heavy (non-hydrogen) atoms. The minimum atomic E-state index is -0.562. The number of ether oxygens (including phenoxy) is 1. The molecule has 1 unspecified atom stereocenters. The van der Waals surface area contributed by atoms with Crippen molar-refractivity contribution in [3.05, 3.63) is 53.7 Å². The van der Waals surface area contributed by atoms with Gasteiger partial charge in [0.25, 0.3) is 0 Å². The first-order valence-electron chi connectivity index (χ1n) is 9.68. The monoisotopic (exact) mass is 377 g/mol. The Bertz CT molecular complexity index is 984. The Morgan fingerprint density at radius 2 is 1.85 bits per heavy atom. The van der Waals surface area contributed by atoms with Gasteiger partial charge in [-0.3, -0.25) is 0 Å².